The molecule has 0 bridgehead atoms. The minimum Gasteiger partial charge on any atom is -0.496 e. The Morgan fingerprint density at radius 1 is 1.15 bits per heavy atom. The molecule has 1 aromatic carbocycles. The zero-order chi connectivity index (χ0) is 18.5. The van der Waals surface area contributed by atoms with E-state index in [1.54, 1.807) is 7.11 Å². The van der Waals surface area contributed by atoms with Gasteiger partial charge in [-0.3, -0.25) is 4.79 Å². The molecule has 1 aromatic rings. The number of likely N-dealkylation sites (tertiary alicyclic amines) is 2. The maximum Gasteiger partial charge on any atom is 0.222 e. The highest BCUT2D eigenvalue weighted by molar-refractivity contribution is 5.76. The van der Waals surface area contributed by atoms with Crippen LogP contribution in [0.15, 0.2) is 18.2 Å². The van der Waals surface area contributed by atoms with Crippen LogP contribution >= 0.6 is 0 Å². The molecule has 0 spiro atoms. The third kappa shape index (κ3) is 4.77. The lowest BCUT2D eigenvalue weighted by molar-refractivity contribution is -0.132. The van der Waals surface area contributed by atoms with Crippen LogP contribution in [-0.2, 0) is 11.2 Å². The lowest BCUT2D eigenvalue weighted by Gasteiger charge is -2.41. The predicted octanol–water partition coefficient (Wildman–Crippen LogP) is 2.38. The van der Waals surface area contributed by atoms with Gasteiger partial charge in [0.25, 0.3) is 0 Å². The number of hydrogen-bond donors (Lipinski definition) is 1. The quantitative estimate of drug-likeness (QED) is 0.876. The van der Waals surface area contributed by atoms with Gasteiger partial charge in [0, 0.05) is 38.6 Å². The number of benzene rings is 1. The maximum absolute atomic E-state index is 12.6. The molecule has 2 heterocycles. The monoisotopic (exact) mass is 360 g/mol. The van der Waals surface area contributed by atoms with Gasteiger partial charge in [0.05, 0.1) is 13.2 Å². The molecule has 2 aliphatic heterocycles. The SMILES string of the molecule is COc1cc(CCC(=O)N2CCC(N3CCC(O)CC3)CC2)ccc1C. The van der Waals surface area contributed by atoms with Gasteiger partial charge in [0.15, 0.2) is 0 Å². The topological polar surface area (TPSA) is 53.0 Å². The van der Waals surface area contributed by atoms with Gasteiger partial charge in [-0.25, -0.2) is 0 Å². The summed E-state index contributed by atoms with van der Waals surface area (Å²) in [5.41, 5.74) is 2.28. The lowest BCUT2D eigenvalue weighted by atomic mass is 9.98. The number of aliphatic hydroxyl groups is 1. The van der Waals surface area contributed by atoms with Crippen LogP contribution in [0.3, 0.4) is 0 Å². The fourth-order valence-corrected chi connectivity index (χ4v) is 4.16. The molecule has 2 saturated heterocycles. The van der Waals surface area contributed by atoms with Crippen LogP contribution < -0.4 is 4.74 Å². The first kappa shape index (κ1) is 19.2. The summed E-state index contributed by atoms with van der Waals surface area (Å²) >= 11 is 0. The van der Waals surface area contributed by atoms with Crippen LogP contribution in [-0.4, -0.2) is 66.2 Å². The smallest absolute Gasteiger partial charge is 0.222 e. The summed E-state index contributed by atoms with van der Waals surface area (Å²) in [6.45, 7) is 5.74. The van der Waals surface area contributed by atoms with E-state index in [0.717, 1.165) is 75.2 Å². The van der Waals surface area contributed by atoms with Gasteiger partial charge < -0.3 is 19.6 Å². The number of methoxy groups -OCH3 is 1. The Kier molecular flexibility index (Phi) is 6.54. The Morgan fingerprint density at radius 3 is 2.50 bits per heavy atom. The Morgan fingerprint density at radius 2 is 1.85 bits per heavy atom. The van der Waals surface area contributed by atoms with Gasteiger partial charge in [0.1, 0.15) is 5.75 Å². The first-order valence-electron chi connectivity index (χ1n) is 9.90. The zero-order valence-electron chi connectivity index (χ0n) is 16.1. The predicted molar refractivity (Wildman–Crippen MR) is 102 cm³/mol. The number of aryl methyl sites for hydroxylation is 2. The molecule has 144 valence electrons. The average Bonchev–Trinajstić information content (AvgIpc) is 2.68. The molecular formula is C21H32N2O3. The number of nitrogens with zero attached hydrogens (tertiary/aromatic N) is 2. The molecule has 0 unspecified atom stereocenters. The normalized spacial score (nSPS) is 20.3. The van der Waals surface area contributed by atoms with E-state index in [1.807, 2.05) is 17.9 Å². The minimum atomic E-state index is -0.117. The number of amides is 1. The Hall–Kier alpha value is -1.59. The zero-order valence-corrected chi connectivity index (χ0v) is 16.1. The van der Waals surface area contributed by atoms with Crippen molar-refractivity contribution < 1.29 is 14.6 Å². The highest BCUT2D eigenvalue weighted by Crippen LogP contribution is 2.23. The van der Waals surface area contributed by atoms with Crippen LogP contribution in [0.4, 0.5) is 0 Å². The molecule has 1 amide bonds. The second-order valence-electron chi connectivity index (χ2n) is 7.68. The summed E-state index contributed by atoms with van der Waals surface area (Å²) in [6.07, 6.45) is 5.10. The number of aliphatic hydroxyl groups excluding tert-OH is 1. The first-order chi connectivity index (χ1) is 12.6. The fraction of sp³-hybridized carbons (Fsp3) is 0.667. The summed E-state index contributed by atoms with van der Waals surface area (Å²) in [5, 5.41) is 9.65. The number of ether oxygens (including phenoxy) is 1. The van der Waals surface area contributed by atoms with E-state index in [2.05, 4.69) is 17.0 Å². The number of carbonyl (C=O) groups excluding carboxylic acids is 1. The fourth-order valence-electron chi connectivity index (χ4n) is 4.16. The molecule has 0 atom stereocenters. The van der Waals surface area contributed by atoms with Crippen molar-refractivity contribution in [3.63, 3.8) is 0 Å². The van der Waals surface area contributed by atoms with Gasteiger partial charge in [-0.15, -0.1) is 0 Å². The summed E-state index contributed by atoms with van der Waals surface area (Å²) in [5.74, 6) is 1.15. The summed E-state index contributed by atoms with van der Waals surface area (Å²) in [7, 11) is 1.68. The van der Waals surface area contributed by atoms with Crippen LogP contribution in [0.5, 0.6) is 5.75 Å². The Labute approximate surface area is 156 Å². The summed E-state index contributed by atoms with van der Waals surface area (Å²) in [6, 6.07) is 6.76. The third-order valence-electron chi connectivity index (χ3n) is 5.93. The molecule has 1 N–H and O–H groups in total. The molecule has 0 saturated carbocycles. The largest absolute Gasteiger partial charge is 0.496 e. The van der Waals surface area contributed by atoms with Crippen molar-refractivity contribution in [2.45, 2.75) is 57.6 Å². The van der Waals surface area contributed by atoms with Crippen molar-refractivity contribution >= 4 is 5.91 Å². The van der Waals surface area contributed by atoms with E-state index in [0.29, 0.717) is 12.5 Å². The summed E-state index contributed by atoms with van der Waals surface area (Å²) < 4.78 is 5.37. The standard InChI is InChI=1S/C21H32N2O3/c1-16-3-4-17(15-20(16)26-2)5-6-21(25)23-11-7-18(8-12-23)22-13-9-19(24)10-14-22/h3-4,15,18-19,24H,5-14H2,1-2H3. The number of piperidine rings is 2. The van der Waals surface area contributed by atoms with Crippen molar-refractivity contribution in [2.75, 3.05) is 33.3 Å². The highest BCUT2D eigenvalue weighted by atomic mass is 16.5. The van der Waals surface area contributed by atoms with Gasteiger partial charge in [-0.1, -0.05) is 12.1 Å². The average molecular weight is 360 g/mol. The van der Waals surface area contributed by atoms with Crippen molar-refractivity contribution in [1.29, 1.82) is 0 Å². The van der Waals surface area contributed by atoms with Crippen LogP contribution in [0.2, 0.25) is 0 Å². The Bertz CT molecular complexity index is 603. The number of hydrogen-bond acceptors (Lipinski definition) is 4. The molecule has 26 heavy (non-hydrogen) atoms. The maximum atomic E-state index is 12.6. The molecule has 3 rings (SSSR count). The third-order valence-corrected chi connectivity index (χ3v) is 5.93. The van der Waals surface area contributed by atoms with Gasteiger partial charge in [-0.05, 0) is 56.2 Å². The van der Waals surface area contributed by atoms with Crippen LogP contribution in [0, 0.1) is 6.92 Å². The second kappa shape index (κ2) is 8.87. The minimum absolute atomic E-state index is 0.117. The highest BCUT2D eigenvalue weighted by Gasteiger charge is 2.28. The van der Waals surface area contributed by atoms with E-state index < -0.39 is 0 Å². The molecular weight excluding hydrogens is 328 g/mol. The van der Waals surface area contributed by atoms with Crippen LogP contribution in [0.1, 0.15) is 43.2 Å². The first-order valence-corrected chi connectivity index (χ1v) is 9.90. The van der Waals surface area contributed by atoms with Crippen molar-refractivity contribution in [3.05, 3.63) is 29.3 Å². The van der Waals surface area contributed by atoms with Gasteiger partial charge >= 0.3 is 0 Å². The lowest BCUT2D eigenvalue weighted by Crippen LogP contribution is -2.49. The molecule has 5 nitrogen and oxygen atoms in total. The van der Waals surface area contributed by atoms with Crippen molar-refractivity contribution in [1.82, 2.24) is 9.80 Å². The van der Waals surface area contributed by atoms with Crippen LogP contribution in [0.25, 0.3) is 0 Å². The molecule has 2 aliphatic rings. The van der Waals surface area contributed by atoms with E-state index in [4.69, 9.17) is 4.74 Å². The van der Waals surface area contributed by atoms with E-state index in [9.17, 15) is 9.90 Å². The Balaban J connectivity index is 1.43. The van der Waals surface area contributed by atoms with Crippen molar-refractivity contribution in [3.8, 4) is 5.75 Å². The van der Waals surface area contributed by atoms with Gasteiger partial charge in [-0.2, -0.15) is 0 Å². The number of carbonyl (C=O) groups is 1. The second-order valence-corrected chi connectivity index (χ2v) is 7.68. The molecule has 0 aromatic heterocycles. The number of rotatable bonds is 5. The van der Waals surface area contributed by atoms with E-state index in [-0.39, 0.29) is 12.0 Å². The molecule has 2 fully saturated rings. The van der Waals surface area contributed by atoms with E-state index in [1.165, 1.54) is 0 Å². The van der Waals surface area contributed by atoms with Crippen molar-refractivity contribution in [2.24, 2.45) is 0 Å². The van der Waals surface area contributed by atoms with Gasteiger partial charge in [0.2, 0.25) is 5.91 Å². The molecule has 0 aliphatic carbocycles. The molecule has 0 radical (unpaired) electrons. The molecule has 5 heteroatoms. The van der Waals surface area contributed by atoms with E-state index >= 15 is 0 Å². The summed E-state index contributed by atoms with van der Waals surface area (Å²) in [4.78, 5) is 17.1.